The van der Waals surface area contributed by atoms with Gasteiger partial charge in [0.1, 0.15) is 0 Å². The molecule has 1 unspecified atom stereocenters. The van der Waals surface area contributed by atoms with Gasteiger partial charge in [0.05, 0.1) is 13.2 Å². The lowest BCUT2D eigenvalue weighted by Crippen LogP contribution is -2.31. The molecule has 0 radical (unpaired) electrons. The maximum Gasteiger partial charge on any atom is 0.0700 e. The average molecular weight is 291 g/mol. The summed E-state index contributed by atoms with van der Waals surface area (Å²) in [4.78, 5) is 0. The van der Waals surface area contributed by atoms with Crippen molar-refractivity contribution in [2.24, 2.45) is 5.41 Å². The molecule has 0 aromatic heterocycles. The lowest BCUT2D eigenvalue weighted by Gasteiger charge is -2.28. The maximum absolute atomic E-state index is 5.49. The fourth-order valence-corrected chi connectivity index (χ4v) is 3.20. The van der Waals surface area contributed by atoms with Crippen LogP contribution < -0.4 is 5.32 Å². The number of unbranched alkanes of at least 4 members (excludes halogenated alkanes) is 1. The van der Waals surface area contributed by atoms with Crippen LogP contribution in [0.4, 0.5) is 0 Å². The Bertz CT molecular complexity index is 431. The summed E-state index contributed by atoms with van der Waals surface area (Å²) in [5.41, 5.74) is 3.29. The molecule has 0 heterocycles. The zero-order valence-electron chi connectivity index (χ0n) is 13.7. The molecule has 1 aliphatic rings. The second-order valence-electron chi connectivity index (χ2n) is 6.56. The van der Waals surface area contributed by atoms with Gasteiger partial charge in [-0.2, -0.15) is 0 Å². The lowest BCUT2D eigenvalue weighted by molar-refractivity contribution is 0.0686. The average Bonchev–Trinajstić information content (AvgIpc) is 2.72. The Kier molecular flexibility index (Phi) is 6.22. The number of hydrogen-bond donors (Lipinski definition) is 1. The van der Waals surface area contributed by atoms with Crippen LogP contribution in [0.3, 0.4) is 0 Å². The van der Waals surface area contributed by atoms with E-state index in [9.17, 15) is 0 Å². The lowest BCUT2D eigenvalue weighted by atomic mass is 9.85. The van der Waals surface area contributed by atoms with Crippen molar-refractivity contribution in [3.05, 3.63) is 35.4 Å². The zero-order valence-corrected chi connectivity index (χ0v) is 13.7. The minimum absolute atomic E-state index is 0.304. The third-order valence-corrected chi connectivity index (χ3v) is 4.29. The van der Waals surface area contributed by atoms with Crippen molar-refractivity contribution < 1.29 is 9.47 Å². The van der Waals surface area contributed by atoms with Crippen molar-refractivity contribution in [3.63, 3.8) is 0 Å². The number of nitrogens with one attached hydrogen (secondary N) is 1. The van der Waals surface area contributed by atoms with E-state index in [4.69, 9.17) is 9.47 Å². The van der Waals surface area contributed by atoms with E-state index in [2.05, 4.69) is 43.4 Å². The Balaban J connectivity index is 1.70. The molecule has 0 fully saturated rings. The second-order valence-corrected chi connectivity index (χ2v) is 6.56. The summed E-state index contributed by atoms with van der Waals surface area (Å²) >= 11 is 0. The smallest absolute Gasteiger partial charge is 0.0700 e. The summed E-state index contributed by atoms with van der Waals surface area (Å²) in [6, 6.07) is 9.31. The number of fused-ring (bicyclic) bond motifs is 1. The molecule has 1 aliphatic carbocycles. The van der Waals surface area contributed by atoms with E-state index >= 15 is 0 Å². The van der Waals surface area contributed by atoms with Crippen molar-refractivity contribution >= 4 is 0 Å². The van der Waals surface area contributed by atoms with E-state index in [1.165, 1.54) is 17.5 Å². The molecule has 0 bridgehead atoms. The highest BCUT2D eigenvalue weighted by Crippen LogP contribution is 2.44. The minimum atomic E-state index is 0.304. The van der Waals surface area contributed by atoms with E-state index in [0.29, 0.717) is 24.7 Å². The predicted octanol–water partition coefficient (Wildman–Crippen LogP) is 3.34. The van der Waals surface area contributed by atoms with Gasteiger partial charge in [-0.15, -0.1) is 0 Å². The predicted molar refractivity (Wildman–Crippen MR) is 86.6 cm³/mol. The summed E-state index contributed by atoms with van der Waals surface area (Å²) in [5.74, 6) is 0. The van der Waals surface area contributed by atoms with Crippen LogP contribution in [-0.4, -0.2) is 33.5 Å². The Morgan fingerprint density at radius 2 is 1.95 bits per heavy atom. The Hall–Kier alpha value is -0.900. The Morgan fingerprint density at radius 3 is 2.76 bits per heavy atom. The largest absolute Gasteiger partial charge is 0.382 e. The molecule has 0 aliphatic heterocycles. The number of hydrogen-bond acceptors (Lipinski definition) is 3. The molecule has 3 heteroatoms. The molecule has 2 rings (SSSR count). The van der Waals surface area contributed by atoms with Crippen LogP contribution in [0.25, 0.3) is 0 Å². The summed E-state index contributed by atoms with van der Waals surface area (Å²) < 4.78 is 10.4. The van der Waals surface area contributed by atoms with Crippen LogP contribution >= 0.6 is 0 Å². The molecule has 0 spiro atoms. The van der Waals surface area contributed by atoms with Gasteiger partial charge in [0.15, 0.2) is 0 Å². The number of benzene rings is 1. The molecule has 118 valence electrons. The molecular formula is C18H29NO2. The molecule has 1 atom stereocenters. The van der Waals surface area contributed by atoms with Gasteiger partial charge in [-0.3, -0.25) is 0 Å². The van der Waals surface area contributed by atoms with Crippen molar-refractivity contribution in [3.8, 4) is 0 Å². The number of rotatable bonds is 9. The first kappa shape index (κ1) is 16.5. The van der Waals surface area contributed by atoms with Gasteiger partial charge in [-0.05, 0) is 42.3 Å². The molecule has 1 aromatic rings. The minimum Gasteiger partial charge on any atom is -0.382 e. The molecular weight excluding hydrogens is 262 g/mol. The third-order valence-electron chi connectivity index (χ3n) is 4.29. The van der Waals surface area contributed by atoms with Gasteiger partial charge in [-0.25, -0.2) is 0 Å². The summed E-state index contributed by atoms with van der Waals surface area (Å²) in [6.45, 7) is 7.99. The normalized spacial score (nSPS) is 19.7. The molecule has 3 nitrogen and oxygen atoms in total. The van der Waals surface area contributed by atoms with Crippen LogP contribution in [0.1, 0.15) is 43.9 Å². The molecule has 1 N–H and O–H groups in total. The van der Waals surface area contributed by atoms with E-state index in [-0.39, 0.29) is 0 Å². The highest BCUT2D eigenvalue weighted by Gasteiger charge is 2.37. The fraction of sp³-hybridized carbons (Fsp3) is 0.667. The van der Waals surface area contributed by atoms with E-state index in [1.807, 2.05) is 0 Å². The highest BCUT2D eigenvalue weighted by molar-refractivity contribution is 5.37. The first-order valence-electron chi connectivity index (χ1n) is 8.03. The Morgan fingerprint density at radius 1 is 1.14 bits per heavy atom. The van der Waals surface area contributed by atoms with Crippen LogP contribution in [-0.2, 0) is 15.9 Å². The number of ether oxygens (including phenoxy) is 2. The summed E-state index contributed by atoms with van der Waals surface area (Å²) in [6.07, 6.45) is 3.42. The third kappa shape index (κ3) is 4.53. The van der Waals surface area contributed by atoms with Gasteiger partial charge in [0.25, 0.3) is 0 Å². The van der Waals surface area contributed by atoms with Crippen molar-refractivity contribution in [1.29, 1.82) is 0 Å². The van der Waals surface area contributed by atoms with Crippen LogP contribution in [0.5, 0.6) is 0 Å². The summed E-state index contributed by atoms with van der Waals surface area (Å²) in [5, 5.41) is 3.75. The van der Waals surface area contributed by atoms with Gasteiger partial charge in [-0.1, -0.05) is 38.1 Å². The van der Waals surface area contributed by atoms with E-state index in [0.717, 1.165) is 26.0 Å². The van der Waals surface area contributed by atoms with Gasteiger partial charge in [0, 0.05) is 19.8 Å². The Labute approximate surface area is 129 Å². The van der Waals surface area contributed by atoms with Crippen molar-refractivity contribution in [1.82, 2.24) is 5.32 Å². The molecule has 21 heavy (non-hydrogen) atoms. The first-order chi connectivity index (χ1) is 10.1. The van der Waals surface area contributed by atoms with Crippen LogP contribution in [0, 0.1) is 5.41 Å². The zero-order chi connectivity index (χ0) is 15.1. The highest BCUT2D eigenvalue weighted by atomic mass is 16.5. The SMILES string of the molecule is COCCOCCCCNC1c2ccccc2CC1(C)C. The standard InChI is InChI=1S/C18H29NO2/c1-18(2)14-15-8-4-5-9-16(15)17(18)19-10-6-7-11-21-13-12-20-3/h4-5,8-9,17,19H,6-7,10-14H2,1-3H3. The molecule has 0 amide bonds. The van der Waals surface area contributed by atoms with Crippen molar-refractivity contribution in [2.45, 2.75) is 39.2 Å². The molecule has 0 saturated carbocycles. The van der Waals surface area contributed by atoms with Crippen LogP contribution in [0.2, 0.25) is 0 Å². The van der Waals surface area contributed by atoms with E-state index in [1.54, 1.807) is 7.11 Å². The van der Waals surface area contributed by atoms with Crippen molar-refractivity contribution in [2.75, 3.05) is 33.5 Å². The van der Waals surface area contributed by atoms with Gasteiger partial charge >= 0.3 is 0 Å². The monoisotopic (exact) mass is 291 g/mol. The first-order valence-corrected chi connectivity index (χ1v) is 8.03. The quantitative estimate of drug-likeness (QED) is 0.708. The number of methoxy groups -OCH3 is 1. The summed E-state index contributed by atoms with van der Waals surface area (Å²) in [7, 11) is 1.70. The van der Waals surface area contributed by atoms with E-state index < -0.39 is 0 Å². The van der Waals surface area contributed by atoms with Crippen LogP contribution in [0.15, 0.2) is 24.3 Å². The maximum atomic E-state index is 5.49. The van der Waals surface area contributed by atoms with Gasteiger partial charge in [0.2, 0.25) is 0 Å². The topological polar surface area (TPSA) is 30.5 Å². The molecule has 1 aromatic carbocycles. The fourth-order valence-electron chi connectivity index (χ4n) is 3.20. The van der Waals surface area contributed by atoms with Gasteiger partial charge < -0.3 is 14.8 Å². The second kappa shape index (κ2) is 7.92. The molecule has 0 saturated heterocycles.